The van der Waals surface area contributed by atoms with Crippen LogP contribution in [-0.2, 0) is 22.6 Å². The molecule has 220 valence electrons. The molecule has 42 heavy (non-hydrogen) atoms. The zero-order valence-electron chi connectivity index (χ0n) is 22.6. The van der Waals surface area contributed by atoms with E-state index in [1.54, 1.807) is 24.4 Å². The van der Waals surface area contributed by atoms with Crippen LogP contribution in [0, 0.1) is 11.7 Å². The molecule has 0 saturated carbocycles. The number of carbonyl (C=O) groups excluding carboxylic acids is 2. The average molecular weight is 584 g/mol. The highest BCUT2D eigenvalue weighted by atomic mass is 19.4. The molecule has 2 aromatic carbocycles. The summed E-state index contributed by atoms with van der Waals surface area (Å²) >= 11 is 0. The van der Waals surface area contributed by atoms with Gasteiger partial charge in [-0.2, -0.15) is 18.3 Å². The standard InChI is InChI=1S/C30H29F4N5O3/c1-2-23(20-8-10-22(31)11-9-20)27(38-29(41)42-17-18-6-4-3-5-7-18)24-16-39-26(36-24)13-19(15-35-39)12-21-14-25(30(32,33)34)37-28(21)40/h3-11,13,15-16,21,23,25,27H,2,12,14,17H2,1H3,(H,37,40)(H,38,41)/t21?,23-,25-,27-/m0/s1. The first-order chi connectivity index (χ1) is 20.1. The van der Waals surface area contributed by atoms with Crippen LogP contribution in [0.1, 0.15) is 54.1 Å². The van der Waals surface area contributed by atoms with Crippen LogP contribution >= 0.6 is 0 Å². The first-order valence-corrected chi connectivity index (χ1v) is 13.5. The Morgan fingerprint density at radius 1 is 1.14 bits per heavy atom. The lowest BCUT2D eigenvalue weighted by Gasteiger charge is -2.26. The molecule has 5 rings (SSSR count). The van der Waals surface area contributed by atoms with Gasteiger partial charge in [0.05, 0.1) is 24.1 Å². The molecule has 1 unspecified atom stereocenters. The Morgan fingerprint density at radius 3 is 2.55 bits per heavy atom. The number of ether oxygens (including phenoxy) is 1. The maximum atomic E-state index is 13.7. The number of alkyl carbamates (subject to hydrolysis) is 1. The molecular weight excluding hydrogens is 554 g/mol. The van der Waals surface area contributed by atoms with Crippen LogP contribution in [0.15, 0.2) is 73.1 Å². The summed E-state index contributed by atoms with van der Waals surface area (Å²) in [7, 11) is 0. The van der Waals surface area contributed by atoms with Crippen molar-refractivity contribution in [1.82, 2.24) is 25.2 Å². The average Bonchev–Trinajstić information content (AvgIpc) is 3.56. The van der Waals surface area contributed by atoms with E-state index in [9.17, 15) is 27.2 Å². The third-order valence-corrected chi connectivity index (χ3v) is 7.43. The van der Waals surface area contributed by atoms with Crippen LogP contribution in [0.4, 0.5) is 22.4 Å². The van der Waals surface area contributed by atoms with Gasteiger partial charge in [-0.3, -0.25) is 4.79 Å². The minimum atomic E-state index is -4.50. The van der Waals surface area contributed by atoms with E-state index in [4.69, 9.17) is 4.74 Å². The van der Waals surface area contributed by atoms with E-state index in [1.165, 1.54) is 22.8 Å². The fourth-order valence-electron chi connectivity index (χ4n) is 5.26. The Bertz CT molecular complexity index is 1540. The SMILES string of the molecule is CC[C@@H](c1ccc(F)cc1)[C@H](NC(=O)OCc1ccccc1)c1cn2ncc(CC3C[C@@H](C(F)(F)F)NC3=O)cc2n1. The van der Waals surface area contributed by atoms with E-state index >= 15 is 0 Å². The van der Waals surface area contributed by atoms with Crippen molar-refractivity contribution in [1.29, 1.82) is 0 Å². The molecule has 2 N–H and O–H groups in total. The molecule has 2 aromatic heterocycles. The number of alkyl halides is 3. The van der Waals surface area contributed by atoms with Crippen LogP contribution in [-0.4, -0.2) is 38.8 Å². The van der Waals surface area contributed by atoms with Gasteiger partial charge in [0.1, 0.15) is 18.5 Å². The second kappa shape index (κ2) is 12.2. The molecule has 8 nitrogen and oxygen atoms in total. The van der Waals surface area contributed by atoms with Crippen LogP contribution in [0.25, 0.3) is 5.65 Å². The number of hydrogen-bond donors (Lipinski definition) is 2. The zero-order chi connectivity index (χ0) is 29.9. The number of halogens is 4. The van der Waals surface area contributed by atoms with Crippen LogP contribution in [0.3, 0.4) is 0 Å². The molecule has 1 fully saturated rings. The maximum absolute atomic E-state index is 13.7. The summed E-state index contributed by atoms with van der Waals surface area (Å²) in [6.07, 6.45) is -1.74. The number of rotatable bonds is 9. The number of nitrogens with zero attached hydrogens (tertiary/aromatic N) is 3. The summed E-state index contributed by atoms with van der Waals surface area (Å²) < 4.78 is 59.9. The molecule has 4 aromatic rings. The van der Waals surface area contributed by atoms with Crippen molar-refractivity contribution in [2.24, 2.45) is 5.92 Å². The lowest BCUT2D eigenvalue weighted by atomic mass is 9.87. The Balaban J connectivity index is 1.39. The van der Waals surface area contributed by atoms with Gasteiger partial charge in [0.25, 0.3) is 0 Å². The summed E-state index contributed by atoms with van der Waals surface area (Å²) in [4.78, 5) is 29.8. The third-order valence-electron chi connectivity index (χ3n) is 7.43. The maximum Gasteiger partial charge on any atom is 0.408 e. The smallest absolute Gasteiger partial charge is 0.408 e. The number of aromatic nitrogens is 3. The molecule has 1 aliphatic rings. The van der Waals surface area contributed by atoms with E-state index < -0.39 is 36.2 Å². The van der Waals surface area contributed by atoms with Gasteiger partial charge < -0.3 is 15.4 Å². The van der Waals surface area contributed by atoms with Crippen molar-refractivity contribution in [2.45, 2.75) is 57.0 Å². The first kappa shape index (κ1) is 29.0. The number of hydrogen-bond acceptors (Lipinski definition) is 5. The number of carbonyl (C=O) groups is 2. The quantitative estimate of drug-likeness (QED) is 0.249. The van der Waals surface area contributed by atoms with E-state index in [1.807, 2.05) is 42.6 Å². The normalized spacial score (nSPS) is 18.5. The van der Waals surface area contributed by atoms with Gasteiger partial charge in [-0.1, -0.05) is 49.4 Å². The second-order valence-corrected chi connectivity index (χ2v) is 10.3. The minimum absolute atomic E-state index is 0.0623. The molecular formula is C30H29F4N5O3. The largest absolute Gasteiger partial charge is 0.445 e. The van der Waals surface area contributed by atoms with Crippen molar-refractivity contribution in [2.75, 3.05) is 0 Å². The van der Waals surface area contributed by atoms with Gasteiger partial charge in [0, 0.05) is 11.8 Å². The molecule has 0 bridgehead atoms. The van der Waals surface area contributed by atoms with Crippen LogP contribution in [0.5, 0.6) is 0 Å². The summed E-state index contributed by atoms with van der Waals surface area (Å²) in [6.45, 7) is 2.00. The van der Waals surface area contributed by atoms with Crippen molar-refractivity contribution in [3.05, 3.63) is 101 Å². The van der Waals surface area contributed by atoms with Gasteiger partial charge in [-0.25, -0.2) is 18.7 Å². The number of nitrogens with one attached hydrogen (secondary N) is 2. The Kier molecular flexibility index (Phi) is 8.41. The van der Waals surface area contributed by atoms with Gasteiger partial charge in [0.15, 0.2) is 5.65 Å². The fraction of sp³-hybridized carbons (Fsp3) is 0.333. The molecule has 12 heteroatoms. The van der Waals surface area contributed by atoms with Crippen molar-refractivity contribution >= 4 is 17.6 Å². The van der Waals surface area contributed by atoms with E-state index in [-0.39, 0.29) is 31.2 Å². The van der Waals surface area contributed by atoms with Crippen molar-refractivity contribution in [3.8, 4) is 0 Å². The van der Waals surface area contributed by atoms with E-state index in [2.05, 4.69) is 15.4 Å². The van der Waals surface area contributed by atoms with Gasteiger partial charge >= 0.3 is 12.3 Å². The molecule has 1 aliphatic heterocycles. The number of fused-ring (bicyclic) bond motifs is 1. The lowest BCUT2D eigenvalue weighted by molar-refractivity contribution is -0.154. The summed E-state index contributed by atoms with van der Waals surface area (Å²) in [5.74, 6) is -2.18. The van der Waals surface area contributed by atoms with Crippen LogP contribution in [0.2, 0.25) is 0 Å². The summed E-state index contributed by atoms with van der Waals surface area (Å²) in [5, 5.41) is 9.28. The lowest BCUT2D eigenvalue weighted by Crippen LogP contribution is -2.38. The molecule has 4 atom stereocenters. The fourth-order valence-corrected chi connectivity index (χ4v) is 5.26. The van der Waals surface area contributed by atoms with E-state index in [0.717, 1.165) is 11.1 Å². The number of amides is 2. The highest BCUT2D eigenvalue weighted by molar-refractivity contribution is 5.81. The molecule has 1 saturated heterocycles. The van der Waals surface area contributed by atoms with E-state index in [0.29, 0.717) is 23.3 Å². The summed E-state index contributed by atoms with van der Waals surface area (Å²) in [5.41, 5.74) is 3.01. The predicted molar refractivity (Wildman–Crippen MR) is 145 cm³/mol. The molecule has 0 aliphatic carbocycles. The Hall–Kier alpha value is -4.48. The predicted octanol–water partition coefficient (Wildman–Crippen LogP) is 5.64. The number of imidazole rings is 1. The van der Waals surface area contributed by atoms with Gasteiger partial charge in [-0.05, 0) is 54.2 Å². The van der Waals surface area contributed by atoms with Crippen molar-refractivity contribution in [3.63, 3.8) is 0 Å². The minimum Gasteiger partial charge on any atom is -0.445 e. The third kappa shape index (κ3) is 6.69. The highest BCUT2D eigenvalue weighted by Gasteiger charge is 2.47. The van der Waals surface area contributed by atoms with Crippen molar-refractivity contribution < 1.29 is 31.9 Å². The Labute approximate surface area is 239 Å². The van der Waals surface area contributed by atoms with Gasteiger partial charge in [-0.15, -0.1) is 0 Å². The topological polar surface area (TPSA) is 97.6 Å². The zero-order valence-corrected chi connectivity index (χ0v) is 22.6. The first-order valence-electron chi connectivity index (χ1n) is 13.5. The molecule has 3 heterocycles. The van der Waals surface area contributed by atoms with Crippen LogP contribution < -0.4 is 10.6 Å². The molecule has 2 amide bonds. The highest BCUT2D eigenvalue weighted by Crippen LogP contribution is 2.34. The summed E-state index contributed by atoms with van der Waals surface area (Å²) in [6, 6.07) is 14.3. The molecule has 0 radical (unpaired) electrons. The van der Waals surface area contributed by atoms with Gasteiger partial charge in [0.2, 0.25) is 5.91 Å². The molecule has 0 spiro atoms. The monoisotopic (exact) mass is 583 g/mol. The Morgan fingerprint density at radius 2 is 1.88 bits per heavy atom. The number of benzene rings is 2. The second-order valence-electron chi connectivity index (χ2n) is 10.3.